The molecule has 4 nitrogen and oxygen atoms in total. The monoisotopic (exact) mass is 306 g/mol. The smallest absolute Gasteiger partial charge is 0.309 e. The minimum atomic E-state index is -0.0879. The van der Waals surface area contributed by atoms with Gasteiger partial charge in [-0.3, -0.25) is 4.79 Å². The third-order valence-corrected chi connectivity index (χ3v) is 4.68. The normalized spacial score (nSPS) is 24.2. The summed E-state index contributed by atoms with van der Waals surface area (Å²) >= 11 is 0. The molecule has 1 heterocycles. The molecule has 1 aromatic carbocycles. The molecule has 22 heavy (non-hydrogen) atoms. The van der Waals surface area contributed by atoms with Gasteiger partial charge in [-0.15, -0.1) is 0 Å². The van der Waals surface area contributed by atoms with Crippen LogP contribution in [0.3, 0.4) is 0 Å². The van der Waals surface area contributed by atoms with Gasteiger partial charge in [-0.05, 0) is 18.1 Å². The van der Waals surface area contributed by atoms with Gasteiger partial charge in [0, 0.05) is 17.9 Å². The van der Waals surface area contributed by atoms with Gasteiger partial charge in [0.1, 0.15) is 6.10 Å². The van der Waals surface area contributed by atoms with Gasteiger partial charge in [-0.25, -0.2) is 0 Å². The van der Waals surface area contributed by atoms with Crippen LogP contribution in [0.15, 0.2) is 12.1 Å². The summed E-state index contributed by atoms with van der Waals surface area (Å²) in [6.45, 7) is 6.16. The van der Waals surface area contributed by atoms with E-state index in [0.29, 0.717) is 0 Å². The lowest BCUT2D eigenvalue weighted by atomic mass is 9.88. The zero-order valence-electron chi connectivity index (χ0n) is 14.1. The minimum absolute atomic E-state index is 0.0280. The first-order chi connectivity index (χ1) is 10.5. The lowest BCUT2D eigenvalue weighted by molar-refractivity contribution is -0.143. The van der Waals surface area contributed by atoms with Crippen LogP contribution in [0.2, 0.25) is 0 Å². The number of ether oxygens (including phenoxy) is 3. The number of methoxy groups -OCH3 is 2. The van der Waals surface area contributed by atoms with Crippen LogP contribution in [-0.2, 0) is 22.4 Å². The van der Waals surface area contributed by atoms with E-state index in [1.54, 1.807) is 14.2 Å². The summed E-state index contributed by atoms with van der Waals surface area (Å²) in [5.74, 6) is 1.66. The van der Waals surface area contributed by atoms with Crippen LogP contribution in [0.4, 0.5) is 0 Å². The maximum Gasteiger partial charge on any atom is 0.309 e. The summed E-state index contributed by atoms with van der Waals surface area (Å²) in [4.78, 5) is 11.8. The van der Waals surface area contributed by atoms with Crippen LogP contribution in [0.25, 0.3) is 0 Å². The predicted molar refractivity (Wildman–Crippen MR) is 85.5 cm³/mol. The van der Waals surface area contributed by atoms with E-state index in [1.165, 1.54) is 5.56 Å². The molecule has 1 aliphatic heterocycles. The van der Waals surface area contributed by atoms with E-state index in [9.17, 15) is 4.79 Å². The molecule has 0 radical (unpaired) electrons. The van der Waals surface area contributed by atoms with E-state index in [2.05, 4.69) is 19.9 Å². The topological polar surface area (TPSA) is 44.8 Å². The first kappa shape index (κ1) is 16.7. The van der Waals surface area contributed by atoms with E-state index in [-0.39, 0.29) is 23.9 Å². The quantitative estimate of drug-likeness (QED) is 0.756. The maximum atomic E-state index is 11.8. The van der Waals surface area contributed by atoms with E-state index < -0.39 is 0 Å². The Morgan fingerprint density at radius 2 is 1.91 bits per heavy atom. The van der Waals surface area contributed by atoms with Crippen LogP contribution in [0, 0.1) is 11.8 Å². The lowest BCUT2D eigenvalue weighted by Crippen LogP contribution is -2.19. The second-order valence-electron chi connectivity index (χ2n) is 6.02. The highest BCUT2D eigenvalue weighted by molar-refractivity contribution is 5.74. The van der Waals surface area contributed by atoms with E-state index >= 15 is 0 Å². The predicted octanol–water partition coefficient (Wildman–Crippen LogP) is 3.40. The summed E-state index contributed by atoms with van der Waals surface area (Å²) in [6, 6.07) is 3.99. The average Bonchev–Trinajstić information content (AvgIpc) is 2.76. The van der Waals surface area contributed by atoms with Crippen LogP contribution in [0.5, 0.6) is 11.5 Å². The zero-order chi connectivity index (χ0) is 16.3. The number of rotatable bonds is 6. The summed E-state index contributed by atoms with van der Waals surface area (Å²) in [5.41, 5.74) is 2.34. The van der Waals surface area contributed by atoms with Gasteiger partial charge in [0.25, 0.3) is 0 Å². The molecule has 0 spiro atoms. The highest BCUT2D eigenvalue weighted by Gasteiger charge is 2.38. The Labute approximate surface area is 132 Å². The summed E-state index contributed by atoms with van der Waals surface area (Å²) in [7, 11) is 3.32. The van der Waals surface area contributed by atoms with Gasteiger partial charge in [0.05, 0.1) is 20.1 Å². The van der Waals surface area contributed by atoms with Crippen molar-refractivity contribution in [3.8, 4) is 11.5 Å². The Bertz CT molecular complexity index is 538. The average molecular weight is 306 g/mol. The van der Waals surface area contributed by atoms with Crippen LogP contribution < -0.4 is 9.47 Å². The standard InChI is InChI=1S/C18H26O4/c1-6-7-14-13(8-9-15(20-4)17(14)21-5)10-16-11(2)12(3)18(19)22-16/h8-9,11-12,16H,6-7,10H2,1-5H3. The summed E-state index contributed by atoms with van der Waals surface area (Å²) < 4.78 is 16.5. The molecule has 4 heteroatoms. The Morgan fingerprint density at radius 1 is 1.18 bits per heavy atom. The molecule has 0 N–H and O–H groups in total. The second kappa shape index (κ2) is 7.03. The van der Waals surface area contributed by atoms with Crippen molar-refractivity contribution in [2.45, 2.75) is 46.1 Å². The lowest BCUT2D eigenvalue weighted by Gasteiger charge is -2.20. The number of carbonyl (C=O) groups is 1. The molecule has 0 amide bonds. The molecule has 1 saturated heterocycles. The Hall–Kier alpha value is -1.71. The number of cyclic esters (lactones) is 1. The van der Waals surface area contributed by atoms with Crippen molar-refractivity contribution in [3.05, 3.63) is 23.3 Å². The van der Waals surface area contributed by atoms with Crippen molar-refractivity contribution in [1.82, 2.24) is 0 Å². The fourth-order valence-corrected chi connectivity index (χ4v) is 3.09. The summed E-state index contributed by atoms with van der Waals surface area (Å²) in [6.07, 6.45) is 2.61. The number of benzene rings is 1. The van der Waals surface area contributed by atoms with E-state index in [4.69, 9.17) is 14.2 Å². The fourth-order valence-electron chi connectivity index (χ4n) is 3.09. The second-order valence-corrected chi connectivity index (χ2v) is 6.02. The van der Waals surface area contributed by atoms with Gasteiger partial charge in [-0.2, -0.15) is 0 Å². The van der Waals surface area contributed by atoms with Gasteiger partial charge >= 0.3 is 5.97 Å². The molecule has 3 atom stereocenters. The third kappa shape index (κ3) is 3.06. The number of hydrogen-bond acceptors (Lipinski definition) is 4. The van der Waals surface area contributed by atoms with Gasteiger partial charge in [-0.1, -0.05) is 33.3 Å². The van der Waals surface area contributed by atoms with Crippen molar-refractivity contribution in [2.24, 2.45) is 11.8 Å². The molecule has 1 aromatic rings. The molecule has 2 rings (SSSR count). The molecular formula is C18H26O4. The zero-order valence-corrected chi connectivity index (χ0v) is 14.1. The molecule has 0 bridgehead atoms. The van der Waals surface area contributed by atoms with E-state index in [0.717, 1.165) is 36.3 Å². The minimum Gasteiger partial charge on any atom is -0.493 e. The first-order valence-corrected chi connectivity index (χ1v) is 7.96. The molecule has 1 fully saturated rings. The van der Waals surface area contributed by atoms with Crippen LogP contribution >= 0.6 is 0 Å². The molecule has 122 valence electrons. The number of esters is 1. The SMILES string of the molecule is CCCc1c(CC2OC(=O)C(C)C2C)ccc(OC)c1OC. The molecule has 3 unspecified atom stereocenters. The van der Waals surface area contributed by atoms with Crippen molar-refractivity contribution in [3.63, 3.8) is 0 Å². The van der Waals surface area contributed by atoms with Crippen LogP contribution in [-0.4, -0.2) is 26.3 Å². The van der Waals surface area contributed by atoms with Gasteiger partial charge < -0.3 is 14.2 Å². The van der Waals surface area contributed by atoms with Gasteiger partial charge in [0.2, 0.25) is 0 Å². The van der Waals surface area contributed by atoms with Crippen molar-refractivity contribution in [1.29, 1.82) is 0 Å². The molecule has 0 aliphatic carbocycles. The first-order valence-electron chi connectivity index (χ1n) is 7.96. The van der Waals surface area contributed by atoms with Crippen molar-refractivity contribution >= 4 is 5.97 Å². The highest BCUT2D eigenvalue weighted by atomic mass is 16.6. The molecule has 0 saturated carbocycles. The third-order valence-electron chi connectivity index (χ3n) is 4.68. The Kier molecular flexibility index (Phi) is 5.33. The molecule has 1 aliphatic rings. The Balaban J connectivity index is 2.32. The fraction of sp³-hybridized carbons (Fsp3) is 0.611. The largest absolute Gasteiger partial charge is 0.493 e. The maximum absolute atomic E-state index is 11.8. The highest BCUT2D eigenvalue weighted by Crippen LogP contribution is 2.37. The Morgan fingerprint density at radius 3 is 2.41 bits per heavy atom. The number of hydrogen-bond donors (Lipinski definition) is 0. The summed E-state index contributed by atoms with van der Waals surface area (Å²) in [5, 5.41) is 0. The van der Waals surface area contributed by atoms with E-state index in [1.807, 2.05) is 13.0 Å². The van der Waals surface area contributed by atoms with Crippen molar-refractivity contribution in [2.75, 3.05) is 14.2 Å². The molecule has 0 aromatic heterocycles. The van der Waals surface area contributed by atoms with Crippen molar-refractivity contribution < 1.29 is 19.0 Å². The molecular weight excluding hydrogens is 280 g/mol. The number of carbonyl (C=O) groups excluding carboxylic acids is 1. The van der Waals surface area contributed by atoms with Crippen LogP contribution in [0.1, 0.15) is 38.3 Å². The van der Waals surface area contributed by atoms with Gasteiger partial charge in [0.15, 0.2) is 11.5 Å².